The monoisotopic (exact) mass is 974 g/mol. The van der Waals surface area contributed by atoms with E-state index in [1.807, 2.05) is 13.8 Å². The number of thioether (sulfide) groups is 1. The molecule has 63 heavy (non-hydrogen) atoms. The fourth-order valence-electron chi connectivity index (χ4n) is 6.05. The molecule has 0 saturated carbocycles. The Morgan fingerprint density at radius 3 is 2.32 bits per heavy atom. The van der Waals surface area contributed by atoms with Crippen LogP contribution in [0.3, 0.4) is 0 Å². The standard InChI is InChI=1S/C33H56N7O19P3S/c1-19(6-5-7-20(2)14-23(42)43)8-9-24(44)63-13-12-35-22(41)10-11-36-31(47)28(46)33(3,4)16-56-62(53,54)59-61(51,52)55-15-21-27(58-60(48,49)50)26(45)32(57-21)40-18-39-25-29(34)37-17-38-30(25)40/h17-21,26-28,32,45-46H,5-16H2,1-4H3,(H,35,41)(H,36,47)(H,42,43)(H,51,52)(H,53,54)(H2,34,37,38)(H2,48,49,50)/p-5/t19?,20?,21-,26+,27-,28+,32-/m1/s1. The first kappa shape index (κ1) is 54.4. The Balaban J connectivity index is 1.39. The minimum absolute atomic E-state index is 0.0181. The van der Waals surface area contributed by atoms with Gasteiger partial charge in [-0.2, -0.15) is 0 Å². The number of amides is 2. The molecule has 3 heterocycles. The van der Waals surface area contributed by atoms with Crippen molar-refractivity contribution < 1.29 is 90.4 Å². The van der Waals surface area contributed by atoms with E-state index in [2.05, 4.69) is 43.5 Å². The zero-order valence-corrected chi connectivity index (χ0v) is 38.1. The van der Waals surface area contributed by atoms with Crippen LogP contribution in [0, 0.1) is 17.3 Å². The minimum Gasteiger partial charge on any atom is -0.790 e. The van der Waals surface area contributed by atoms with Gasteiger partial charge in [-0.15, -0.1) is 0 Å². The number of ether oxygens (including phenoxy) is 1. The lowest BCUT2D eigenvalue weighted by atomic mass is 9.87. The first-order chi connectivity index (χ1) is 29.2. The summed E-state index contributed by atoms with van der Waals surface area (Å²) in [5.41, 5.74) is 4.04. The Morgan fingerprint density at radius 2 is 1.65 bits per heavy atom. The average Bonchev–Trinajstić information content (AvgIpc) is 3.73. The number of aromatic nitrogens is 4. The van der Waals surface area contributed by atoms with Crippen LogP contribution in [0.4, 0.5) is 5.82 Å². The Bertz CT molecular complexity index is 2020. The molecule has 2 amide bonds. The van der Waals surface area contributed by atoms with Crippen LogP contribution in [0.5, 0.6) is 0 Å². The number of aliphatic carboxylic acids is 1. The molecule has 2 aromatic heterocycles. The minimum atomic E-state index is -5.93. The van der Waals surface area contributed by atoms with Crippen molar-refractivity contribution in [3.8, 4) is 0 Å². The van der Waals surface area contributed by atoms with Gasteiger partial charge < -0.3 is 78.9 Å². The summed E-state index contributed by atoms with van der Waals surface area (Å²) >= 11 is 1.06. The van der Waals surface area contributed by atoms with Gasteiger partial charge >= 0.3 is 0 Å². The van der Waals surface area contributed by atoms with Gasteiger partial charge in [-0.25, -0.2) is 19.3 Å². The largest absolute Gasteiger partial charge is 0.790 e. The molecule has 358 valence electrons. The number of nitrogens with two attached hydrogens (primary N) is 1. The second-order valence-corrected chi connectivity index (χ2v) is 20.7. The van der Waals surface area contributed by atoms with E-state index in [1.165, 1.54) is 13.8 Å². The Hall–Kier alpha value is -2.97. The van der Waals surface area contributed by atoms with Crippen LogP contribution in [0.15, 0.2) is 12.7 Å². The van der Waals surface area contributed by atoms with Crippen LogP contribution < -0.4 is 41.0 Å². The number of aliphatic hydroxyl groups is 2. The lowest BCUT2D eigenvalue weighted by molar-refractivity contribution is -0.347. The van der Waals surface area contributed by atoms with Crippen LogP contribution >= 0.6 is 35.2 Å². The molecule has 0 spiro atoms. The van der Waals surface area contributed by atoms with Gasteiger partial charge in [0.25, 0.3) is 15.6 Å². The Kier molecular flexibility index (Phi) is 20.7. The molecule has 0 aliphatic carbocycles. The number of phosphoric acid groups is 3. The Labute approximate surface area is 365 Å². The van der Waals surface area contributed by atoms with Crippen LogP contribution in [-0.2, 0) is 55.5 Å². The van der Waals surface area contributed by atoms with Gasteiger partial charge in [-0.3, -0.25) is 28.1 Å². The number of nitrogens with zero attached hydrogens (tertiary/aromatic N) is 4. The predicted octanol–water partition coefficient (Wildman–Crippen LogP) is -2.50. The molecule has 30 heteroatoms. The highest BCUT2D eigenvalue weighted by atomic mass is 32.2. The van der Waals surface area contributed by atoms with Crippen LogP contribution in [-0.4, -0.2) is 109 Å². The summed E-state index contributed by atoms with van der Waals surface area (Å²) < 4.78 is 60.6. The average molecular weight is 975 g/mol. The summed E-state index contributed by atoms with van der Waals surface area (Å²) in [5.74, 6) is -2.04. The number of hydrogen-bond donors (Lipinski definition) is 5. The van der Waals surface area contributed by atoms with Crippen molar-refractivity contribution in [2.75, 3.05) is 37.8 Å². The smallest absolute Gasteiger partial charge is 0.274 e. The van der Waals surface area contributed by atoms with Crippen LogP contribution in [0.2, 0.25) is 0 Å². The zero-order chi connectivity index (χ0) is 47.3. The highest BCUT2D eigenvalue weighted by molar-refractivity contribution is 8.13. The number of aliphatic hydroxyl groups excluding tert-OH is 2. The van der Waals surface area contributed by atoms with Crippen molar-refractivity contribution in [2.24, 2.45) is 17.3 Å². The molecular formula is C33H51N7O19P3S-5. The summed E-state index contributed by atoms with van der Waals surface area (Å²) in [6, 6.07) is 0. The van der Waals surface area contributed by atoms with E-state index in [0.29, 0.717) is 18.6 Å². The fraction of sp³-hybridized carbons (Fsp3) is 0.727. The molecule has 0 radical (unpaired) electrons. The number of phosphoric ester groups is 3. The van der Waals surface area contributed by atoms with E-state index < -0.39 is 90.5 Å². The highest BCUT2D eigenvalue weighted by Gasteiger charge is 2.47. The first-order valence-corrected chi connectivity index (χ1v) is 24.7. The van der Waals surface area contributed by atoms with Gasteiger partial charge in [-0.1, -0.05) is 58.7 Å². The molecule has 0 bridgehead atoms. The summed E-state index contributed by atoms with van der Waals surface area (Å²) in [7, 11) is -17.6. The van der Waals surface area contributed by atoms with Crippen molar-refractivity contribution in [2.45, 2.75) is 103 Å². The topological polar surface area (TPSA) is 415 Å². The molecule has 1 aliphatic heterocycles. The van der Waals surface area contributed by atoms with Crippen molar-refractivity contribution >= 4 is 75.1 Å². The van der Waals surface area contributed by atoms with E-state index >= 15 is 0 Å². The number of rotatable bonds is 28. The third-order valence-electron chi connectivity index (χ3n) is 9.49. The maximum atomic E-state index is 12.6. The molecule has 6 N–H and O–H groups in total. The number of nitrogens with one attached hydrogen (secondary N) is 2. The lowest BCUT2D eigenvalue weighted by Crippen LogP contribution is -2.46. The molecule has 26 nitrogen and oxygen atoms in total. The lowest BCUT2D eigenvalue weighted by Gasteiger charge is -2.36. The van der Waals surface area contributed by atoms with Crippen molar-refractivity contribution in [3.05, 3.63) is 12.7 Å². The van der Waals surface area contributed by atoms with E-state index in [9.17, 15) is 67.8 Å². The molecule has 9 atom stereocenters. The first-order valence-electron chi connectivity index (χ1n) is 19.4. The summed E-state index contributed by atoms with van der Waals surface area (Å²) in [6.45, 7) is 3.88. The second-order valence-electron chi connectivity index (χ2n) is 15.5. The number of anilines is 1. The number of carboxylic acids is 1. The van der Waals surface area contributed by atoms with Crippen molar-refractivity contribution in [1.82, 2.24) is 30.2 Å². The maximum Gasteiger partial charge on any atom is 0.274 e. The van der Waals surface area contributed by atoms with Gasteiger partial charge in [0.05, 0.1) is 27.4 Å². The van der Waals surface area contributed by atoms with Gasteiger partial charge in [0.15, 0.2) is 22.8 Å². The molecular weight excluding hydrogens is 923 g/mol. The normalized spacial score (nSPS) is 21.6. The second kappa shape index (κ2) is 24.0. The van der Waals surface area contributed by atoms with Crippen molar-refractivity contribution in [1.29, 1.82) is 0 Å². The van der Waals surface area contributed by atoms with Gasteiger partial charge in [-0.05, 0) is 24.7 Å². The molecule has 4 unspecified atom stereocenters. The van der Waals surface area contributed by atoms with Crippen molar-refractivity contribution in [3.63, 3.8) is 0 Å². The predicted molar refractivity (Wildman–Crippen MR) is 209 cm³/mol. The van der Waals surface area contributed by atoms with Gasteiger partial charge in [0.2, 0.25) is 11.8 Å². The summed E-state index contributed by atoms with van der Waals surface area (Å²) in [5, 5.41) is 36.9. The molecule has 1 saturated heterocycles. The van der Waals surface area contributed by atoms with Crippen LogP contribution in [0.1, 0.15) is 78.9 Å². The molecule has 3 rings (SSSR count). The van der Waals surface area contributed by atoms with E-state index in [-0.39, 0.29) is 59.9 Å². The molecule has 2 aromatic rings. The van der Waals surface area contributed by atoms with Gasteiger partial charge in [0, 0.05) is 43.1 Å². The number of carbonyl (C=O) groups is 4. The fourth-order valence-corrected chi connectivity index (χ4v) is 9.48. The number of carbonyl (C=O) groups excluding carboxylic acids is 4. The number of imidazole rings is 1. The number of nitrogen functional groups attached to an aromatic ring is 1. The third-order valence-corrected chi connectivity index (χ3v) is 13.4. The summed E-state index contributed by atoms with van der Waals surface area (Å²) in [4.78, 5) is 107. The molecule has 1 fully saturated rings. The third kappa shape index (κ3) is 18.4. The van der Waals surface area contributed by atoms with Crippen LogP contribution in [0.25, 0.3) is 11.2 Å². The van der Waals surface area contributed by atoms with E-state index in [0.717, 1.165) is 48.2 Å². The highest BCUT2D eigenvalue weighted by Crippen LogP contribution is 2.56. The summed E-state index contributed by atoms with van der Waals surface area (Å²) in [6.07, 6.45) is -4.16. The zero-order valence-electron chi connectivity index (χ0n) is 34.6. The van der Waals surface area contributed by atoms with Gasteiger partial charge in [0.1, 0.15) is 36.3 Å². The number of fused-ring (bicyclic) bond motifs is 1. The SMILES string of the molecule is CC(CCCC(C)CC(=O)[O-])CCC(=O)SCCNC(=O)CCNC(=O)[C@H](O)C(C)(C)COP(=O)([O-])OP(=O)([O-])OC[C@H]1O[C@@H](n2cnc3c(N)ncnc32)[C@@H](O)[C@@H]1OP(=O)([O-])[O-]. The molecule has 1 aliphatic rings. The maximum absolute atomic E-state index is 12.6. The van der Waals surface area contributed by atoms with E-state index in [1.54, 1.807) is 0 Å². The number of hydrogen-bond acceptors (Lipinski definition) is 24. The number of carboxylic acid groups (broad SMARTS) is 1. The quantitative estimate of drug-likeness (QED) is 0.0434. The molecule has 0 aromatic carbocycles. The van der Waals surface area contributed by atoms with E-state index in [4.69, 9.17) is 10.5 Å². The Morgan fingerprint density at radius 1 is 0.984 bits per heavy atom.